The summed E-state index contributed by atoms with van der Waals surface area (Å²) in [7, 11) is -3.86. The predicted octanol–water partition coefficient (Wildman–Crippen LogP) is 1.18. The van der Waals surface area contributed by atoms with Crippen LogP contribution in [0.15, 0.2) is 41.3 Å². The van der Waals surface area contributed by atoms with E-state index in [0.29, 0.717) is 22.2 Å². The van der Waals surface area contributed by atoms with E-state index >= 15 is 0 Å². The molecule has 25 heavy (non-hydrogen) atoms. The van der Waals surface area contributed by atoms with Gasteiger partial charge >= 0.3 is 59.0 Å². The van der Waals surface area contributed by atoms with E-state index in [-0.39, 0.29) is 68.8 Å². The summed E-state index contributed by atoms with van der Waals surface area (Å²) in [5.41, 5.74) is 1.67. The Morgan fingerprint density at radius 2 is 2.08 bits per heavy atom. The first kappa shape index (κ1) is 20.3. The molecule has 0 saturated heterocycles. The van der Waals surface area contributed by atoms with Crippen molar-refractivity contribution >= 4 is 24.8 Å². The molecule has 0 aliphatic heterocycles. The molecule has 9 heteroatoms. The maximum absolute atomic E-state index is 14.0. The Kier molecular flexibility index (Phi) is 6.27. The fraction of sp³-hybridized carbons (Fsp3) is 0.0625. The number of oxazole rings is 1. The summed E-state index contributed by atoms with van der Waals surface area (Å²) in [6, 6.07) is 6.65. The standard InChI is InChI=1S/C16H13FNO5P.K/c1-3-9-6-11(19)8-13-15(9)22-16(18-13)10-4-5-14(12(17)7-10)23-24(2,20)21;/h3-8,19H,1H2,2H3,(H,20,21);/q;+1. The number of phenols is 1. The van der Waals surface area contributed by atoms with Gasteiger partial charge in [0.2, 0.25) is 5.89 Å². The molecule has 2 aromatic carbocycles. The van der Waals surface area contributed by atoms with Gasteiger partial charge in [-0.15, -0.1) is 0 Å². The van der Waals surface area contributed by atoms with E-state index in [1.807, 2.05) is 0 Å². The van der Waals surface area contributed by atoms with E-state index in [1.54, 1.807) is 0 Å². The van der Waals surface area contributed by atoms with Crippen LogP contribution in [0.3, 0.4) is 0 Å². The molecule has 1 unspecified atom stereocenters. The van der Waals surface area contributed by atoms with Crippen molar-refractivity contribution in [2.75, 3.05) is 6.66 Å². The molecule has 6 nitrogen and oxygen atoms in total. The molecule has 0 spiro atoms. The molecule has 0 amide bonds. The summed E-state index contributed by atoms with van der Waals surface area (Å²) in [5, 5.41) is 9.65. The molecule has 0 aliphatic carbocycles. The second kappa shape index (κ2) is 7.71. The number of fused-ring (bicyclic) bond motifs is 1. The van der Waals surface area contributed by atoms with Crippen LogP contribution < -0.4 is 55.9 Å². The Morgan fingerprint density at radius 1 is 1.36 bits per heavy atom. The smallest absolute Gasteiger partial charge is 0.508 e. The Balaban J connectivity index is 0.00000225. The SMILES string of the molecule is C=Cc1cc(O)cc2nc(-c3ccc(OP(C)(=O)O)c(F)c3)oc12.[K+]. The van der Waals surface area contributed by atoms with Gasteiger partial charge in [0.1, 0.15) is 11.3 Å². The van der Waals surface area contributed by atoms with Gasteiger partial charge in [0.05, 0.1) is 0 Å². The van der Waals surface area contributed by atoms with E-state index in [0.717, 1.165) is 12.7 Å². The third-order valence-corrected chi connectivity index (χ3v) is 3.71. The molecule has 0 bridgehead atoms. The van der Waals surface area contributed by atoms with E-state index in [4.69, 9.17) is 9.31 Å². The minimum atomic E-state index is -3.86. The number of rotatable bonds is 4. The number of hydrogen-bond donors (Lipinski definition) is 2. The number of hydrogen-bond acceptors (Lipinski definition) is 5. The van der Waals surface area contributed by atoms with Crippen LogP contribution in [-0.4, -0.2) is 21.6 Å². The number of aromatic nitrogens is 1. The van der Waals surface area contributed by atoms with Crippen molar-refractivity contribution in [2.24, 2.45) is 0 Å². The first-order chi connectivity index (χ1) is 11.3. The monoisotopic (exact) mass is 388 g/mol. The summed E-state index contributed by atoms with van der Waals surface area (Å²) < 4.78 is 35.6. The van der Waals surface area contributed by atoms with Crippen molar-refractivity contribution in [1.82, 2.24) is 4.98 Å². The Bertz CT molecular complexity index is 998. The molecule has 0 fully saturated rings. The van der Waals surface area contributed by atoms with E-state index in [1.165, 1.54) is 30.3 Å². The molecule has 1 heterocycles. The van der Waals surface area contributed by atoms with Gasteiger partial charge in [-0.1, -0.05) is 12.7 Å². The van der Waals surface area contributed by atoms with E-state index < -0.39 is 13.4 Å². The molecule has 124 valence electrons. The number of benzene rings is 2. The van der Waals surface area contributed by atoms with Gasteiger partial charge in [-0.2, -0.15) is 0 Å². The van der Waals surface area contributed by atoms with Crippen molar-refractivity contribution in [1.29, 1.82) is 0 Å². The number of aromatic hydroxyl groups is 1. The fourth-order valence-electron chi connectivity index (χ4n) is 2.21. The average Bonchev–Trinajstić information content (AvgIpc) is 2.90. The largest absolute Gasteiger partial charge is 1.00 e. The van der Waals surface area contributed by atoms with Gasteiger partial charge in [-0.25, -0.2) is 13.9 Å². The Labute approximate surface area is 185 Å². The van der Waals surface area contributed by atoms with Crippen molar-refractivity contribution in [3.8, 4) is 23.0 Å². The van der Waals surface area contributed by atoms with Gasteiger partial charge in [-0.3, -0.25) is 0 Å². The van der Waals surface area contributed by atoms with Crippen molar-refractivity contribution in [3.63, 3.8) is 0 Å². The molecule has 2 N–H and O–H groups in total. The molecular weight excluding hydrogens is 375 g/mol. The number of phenolic OH excluding ortho intramolecular Hbond substituents is 1. The molecular formula is C16H13FKNO5P+. The predicted molar refractivity (Wildman–Crippen MR) is 87.5 cm³/mol. The van der Waals surface area contributed by atoms with Gasteiger partial charge in [0.15, 0.2) is 17.1 Å². The number of nitrogens with zero attached hydrogens (tertiary/aromatic N) is 1. The molecule has 1 aromatic heterocycles. The Morgan fingerprint density at radius 3 is 2.68 bits per heavy atom. The van der Waals surface area contributed by atoms with E-state index in [9.17, 15) is 14.1 Å². The summed E-state index contributed by atoms with van der Waals surface area (Å²) in [6.45, 7) is 4.60. The van der Waals surface area contributed by atoms with Gasteiger partial charge < -0.3 is 18.9 Å². The first-order valence-electron chi connectivity index (χ1n) is 6.82. The summed E-state index contributed by atoms with van der Waals surface area (Å²) in [5.74, 6) is -1.02. The first-order valence-corrected chi connectivity index (χ1v) is 8.85. The molecule has 3 rings (SSSR count). The molecule has 1 atom stereocenters. The van der Waals surface area contributed by atoms with Crippen LogP contribution in [0, 0.1) is 5.82 Å². The summed E-state index contributed by atoms with van der Waals surface area (Å²) in [6.07, 6.45) is 1.51. The Hall–Kier alpha value is -0.994. The quantitative estimate of drug-likeness (QED) is 0.515. The van der Waals surface area contributed by atoms with Gasteiger partial charge in [0.25, 0.3) is 0 Å². The molecule has 3 aromatic rings. The summed E-state index contributed by atoms with van der Waals surface area (Å²) in [4.78, 5) is 13.4. The van der Waals surface area contributed by atoms with E-state index in [2.05, 4.69) is 16.1 Å². The van der Waals surface area contributed by atoms with Crippen LogP contribution in [0.25, 0.3) is 28.6 Å². The van der Waals surface area contributed by atoms with Crippen LogP contribution in [0.4, 0.5) is 4.39 Å². The minimum absolute atomic E-state index is 0. The van der Waals surface area contributed by atoms with Gasteiger partial charge in [0, 0.05) is 23.9 Å². The third-order valence-electron chi connectivity index (χ3n) is 3.17. The normalized spacial score (nSPS) is 13.1. The maximum atomic E-state index is 14.0. The topological polar surface area (TPSA) is 92.8 Å². The summed E-state index contributed by atoms with van der Waals surface area (Å²) >= 11 is 0. The minimum Gasteiger partial charge on any atom is -0.508 e. The second-order valence-electron chi connectivity index (χ2n) is 5.15. The zero-order valence-corrected chi connectivity index (χ0v) is 17.6. The molecule has 0 saturated carbocycles. The van der Waals surface area contributed by atoms with Crippen molar-refractivity contribution < 1.29 is 79.3 Å². The van der Waals surface area contributed by atoms with Crippen LogP contribution >= 0.6 is 7.60 Å². The van der Waals surface area contributed by atoms with Crippen LogP contribution in [0.2, 0.25) is 0 Å². The third kappa shape index (κ3) is 4.59. The average molecular weight is 388 g/mol. The zero-order valence-electron chi connectivity index (χ0n) is 13.6. The fourth-order valence-corrected chi connectivity index (χ4v) is 2.72. The van der Waals surface area contributed by atoms with Crippen molar-refractivity contribution in [2.45, 2.75) is 0 Å². The van der Waals surface area contributed by atoms with Crippen molar-refractivity contribution in [3.05, 3.63) is 48.3 Å². The molecule has 0 aliphatic rings. The maximum Gasteiger partial charge on any atom is 1.00 e. The van der Waals surface area contributed by atoms with Crippen LogP contribution in [-0.2, 0) is 4.57 Å². The number of halogens is 1. The van der Waals surface area contributed by atoms with Crippen LogP contribution in [0.1, 0.15) is 5.56 Å². The zero-order chi connectivity index (χ0) is 17.5. The molecule has 0 radical (unpaired) electrons. The van der Waals surface area contributed by atoms with Gasteiger partial charge in [-0.05, 0) is 24.3 Å². The van der Waals surface area contributed by atoms with Crippen LogP contribution in [0.5, 0.6) is 11.5 Å². The second-order valence-corrected chi connectivity index (χ2v) is 6.93.